The Labute approximate surface area is 216 Å². The molecule has 1 fully saturated rings. The maximum Gasteiger partial charge on any atom is 0.305 e. The molecule has 9 nitrogen and oxygen atoms in total. The van der Waals surface area contributed by atoms with Gasteiger partial charge in [0.15, 0.2) is 6.29 Å². The maximum atomic E-state index is 11.9. The first kappa shape index (κ1) is 33.0. The third-order valence-electron chi connectivity index (χ3n) is 6.38. The Morgan fingerprint density at radius 2 is 1.42 bits per heavy atom. The summed E-state index contributed by atoms with van der Waals surface area (Å²) in [5.41, 5.74) is 0. The second-order valence-corrected chi connectivity index (χ2v) is 9.70. The summed E-state index contributed by atoms with van der Waals surface area (Å²) in [6, 6.07) is 0. The van der Waals surface area contributed by atoms with Crippen LogP contribution in [0.4, 0.5) is 0 Å². The van der Waals surface area contributed by atoms with Gasteiger partial charge in [-0.3, -0.25) is 4.79 Å². The number of unbranched alkanes of at least 4 members (excludes halogenated alkanes) is 11. The Morgan fingerprint density at radius 1 is 0.833 bits per heavy atom. The fourth-order valence-corrected chi connectivity index (χ4v) is 4.06. The van der Waals surface area contributed by atoms with Crippen LogP contribution in [0.2, 0.25) is 0 Å². The molecule has 36 heavy (non-hydrogen) atoms. The Hall–Kier alpha value is -1.07. The van der Waals surface area contributed by atoms with Gasteiger partial charge in [0, 0.05) is 6.42 Å². The zero-order valence-electron chi connectivity index (χ0n) is 22.0. The number of aliphatic hydroxyl groups excluding tert-OH is 5. The van der Waals surface area contributed by atoms with Gasteiger partial charge in [-0.25, -0.2) is 0 Å². The van der Waals surface area contributed by atoms with E-state index in [1.807, 2.05) is 0 Å². The number of carbonyl (C=O) groups excluding carboxylic acids is 1. The molecule has 212 valence electrons. The second-order valence-electron chi connectivity index (χ2n) is 9.70. The zero-order chi connectivity index (χ0) is 26.6. The van der Waals surface area contributed by atoms with E-state index in [0.717, 1.165) is 38.5 Å². The Bertz CT molecular complexity index is 569. The number of allylic oxidation sites excluding steroid dienone is 2. The summed E-state index contributed by atoms with van der Waals surface area (Å²) in [5.74, 6) is -0.389. The molecule has 0 amide bonds. The standard InChI is InChI=1S/C27H50O9/c1-2-3-4-5-6-7-8-9-10-11-12-13-14-15-16-17-23(30)34-19-21(29)20-35-27-26(33)25(32)24(31)22(18-28)36-27/h9-10,21-22,24-29,31-33H,2-8,11-20H2,1H3/b10-9-/t21-,22-,24+,25+,26-,27-/m1/s1. The van der Waals surface area contributed by atoms with E-state index in [4.69, 9.17) is 19.3 Å². The summed E-state index contributed by atoms with van der Waals surface area (Å²) in [5, 5.41) is 48.5. The number of rotatable bonds is 21. The van der Waals surface area contributed by atoms with Gasteiger partial charge < -0.3 is 39.7 Å². The molecule has 0 unspecified atom stereocenters. The first-order valence-corrected chi connectivity index (χ1v) is 13.8. The van der Waals surface area contributed by atoms with Gasteiger partial charge in [-0.2, -0.15) is 0 Å². The largest absolute Gasteiger partial charge is 0.463 e. The zero-order valence-corrected chi connectivity index (χ0v) is 22.0. The predicted octanol–water partition coefficient (Wildman–Crippen LogP) is 2.74. The molecule has 0 spiro atoms. The fourth-order valence-electron chi connectivity index (χ4n) is 4.06. The van der Waals surface area contributed by atoms with E-state index in [-0.39, 0.29) is 19.2 Å². The molecular weight excluding hydrogens is 468 g/mol. The third-order valence-corrected chi connectivity index (χ3v) is 6.38. The molecule has 5 N–H and O–H groups in total. The van der Waals surface area contributed by atoms with Crippen LogP contribution < -0.4 is 0 Å². The third kappa shape index (κ3) is 14.6. The summed E-state index contributed by atoms with van der Waals surface area (Å²) >= 11 is 0. The normalized spacial score (nSPS) is 25.3. The molecule has 6 atom stereocenters. The molecule has 1 rings (SSSR count). The van der Waals surface area contributed by atoms with Gasteiger partial charge in [0.25, 0.3) is 0 Å². The molecule has 1 saturated heterocycles. The van der Waals surface area contributed by atoms with E-state index in [1.165, 1.54) is 44.9 Å². The number of hydrogen-bond donors (Lipinski definition) is 5. The van der Waals surface area contributed by atoms with Crippen LogP contribution in [0.15, 0.2) is 12.2 Å². The van der Waals surface area contributed by atoms with E-state index >= 15 is 0 Å². The van der Waals surface area contributed by atoms with Gasteiger partial charge in [-0.1, -0.05) is 70.4 Å². The molecule has 1 aliphatic heterocycles. The number of carbonyl (C=O) groups is 1. The minimum atomic E-state index is -1.55. The predicted molar refractivity (Wildman–Crippen MR) is 136 cm³/mol. The van der Waals surface area contributed by atoms with Crippen LogP contribution in [0.3, 0.4) is 0 Å². The van der Waals surface area contributed by atoms with Crippen LogP contribution in [0.5, 0.6) is 0 Å². The summed E-state index contributed by atoms with van der Waals surface area (Å²) in [6.45, 7) is 1.09. The SMILES string of the molecule is CCCCCCCC/C=C\CCCCCCCC(=O)OC[C@@H](O)CO[C@@H]1O[C@H](CO)[C@H](O)[C@H](O)[C@H]1O. The van der Waals surface area contributed by atoms with Crippen LogP contribution in [-0.4, -0.2) is 88.1 Å². The van der Waals surface area contributed by atoms with Crippen molar-refractivity contribution in [1.82, 2.24) is 0 Å². The monoisotopic (exact) mass is 518 g/mol. The molecule has 0 aromatic rings. The lowest BCUT2D eigenvalue weighted by Gasteiger charge is -2.39. The maximum absolute atomic E-state index is 11.9. The lowest BCUT2D eigenvalue weighted by molar-refractivity contribution is -0.305. The van der Waals surface area contributed by atoms with Gasteiger partial charge in [0.2, 0.25) is 0 Å². The van der Waals surface area contributed by atoms with Gasteiger partial charge in [0.1, 0.15) is 37.1 Å². The van der Waals surface area contributed by atoms with Gasteiger partial charge >= 0.3 is 5.97 Å². The Balaban J connectivity index is 1.98. The lowest BCUT2D eigenvalue weighted by atomic mass is 9.99. The van der Waals surface area contributed by atoms with Gasteiger partial charge in [0.05, 0.1) is 13.2 Å². The molecule has 0 aliphatic carbocycles. The van der Waals surface area contributed by atoms with E-state index < -0.39 is 43.4 Å². The highest BCUT2D eigenvalue weighted by Crippen LogP contribution is 2.22. The topological polar surface area (TPSA) is 146 Å². The van der Waals surface area contributed by atoms with E-state index in [1.54, 1.807) is 0 Å². The Kier molecular flexibility index (Phi) is 19.2. The van der Waals surface area contributed by atoms with Crippen LogP contribution >= 0.6 is 0 Å². The molecule has 0 saturated carbocycles. The lowest BCUT2D eigenvalue weighted by Crippen LogP contribution is -2.59. The summed E-state index contributed by atoms with van der Waals surface area (Å²) < 4.78 is 15.5. The van der Waals surface area contributed by atoms with Crippen molar-refractivity contribution in [2.45, 2.75) is 134 Å². The number of ether oxygens (including phenoxy) is 3. The van der Waals surface area contributed by atoms with Crippen molar-refractivity contribution in [2.24, 2.45) is 0 Å². The van der Waals surface area contributed by atoms with Crippen molar-refractivity contribution in [3.05, 3.63) is 12.2 Å². The molecule has 0 aromatic heterocycles. The quantitative estimate of drug-likeness (QED) is 0.0879. The molecule has 9 heteroatoms. The van der Waals surface area contributed by atoms with Crippen molar-refractivity contribution in [2.75, 3.05) is 19.8 Å². The smallest absolute Gasteiger partial charge is 0.305 e. The fraction of sp³-hybridized carbons (Fsp3) is 0.889. The van der Waals surface area contributed by atoms with Gasteiger partial charge in [-0.15, -0.1) is 0 Å². The van der Waals surface area contributed by atoms with E-state index in [2.05, 4.69) is 19.1 Å². The minimum Gasteiger partial charge on any atom is -0.463 e. The number of esters is 1. The first-order chi connectivity index (χ1) is 17.4. The first-order valence-electron chi connectivity index (χ1n) is 13.8. The van der Waals surface area contributed by atoms with E-state index in [0.29, 0.717) is 6.42 Å². The van der Waals surface area contributed by atoms with Crippen molar-refractivity contribution < 1.29 is 44.5 Å². The molecule has 0 bridgehead atoms. The van der Waals surface area contributed by atoms with Crippen LogP contribution in [0.25, 0.3) is 0 Å². The summed E-state index contributed by atoms with van der Waals surface area (Å²) in [7, 11) is 0. The highest BCUT2D eigenvalue weighted by molar-refractivity contribution is 5.69. The number of hydrogen-bond acceptors (Lipinski definition) is 9. The highest BCUT2D eigenvalue weighted by atomic mass is 16.7. The summed E-state index contributed by atoms with van der Waals surface area (Å²) in [6.07, 6.45) is 12.1. The van der Waals surface area contributed by atoms with Crippen LogP contribution in [-0.2, 0) is 19.0 Å². The summed E-state index contributed by atoms with van der Waals surface area (Å²) in [4.78, 5) is 11.9. The molecule has 0 aromatic carbocycles. The molecule has 0 radical (unpaired) electrons. The highest BCUT2D eigenvalue weighted by Gasteiger charge is 2.44. The van der Waals surface area contributed by atoms with Crippen LogP contribution in [0.1, 0.15) is 96.8 Å². The minimum absolute atomic E-state index is 0.263. The van der Waals surface area contributed by atoms with Crippen LogP contribution in [0, 0.1) is 0 Å². The van der Waals surface area contributed by atoms with Crippen molar-refractivity contribution in [1.29, 1.82) is 0 Å². The molecule has 1 aliphatic rings. The number of aliphatic hydroxyl groups is 5. The van der Waals surface area contributed by atoms with E-state index in [9.17, 15) is 25.2 Å². The molecule has 1 heterocycles. The Morgan fingerprint density at radius 3 is 2.03 bits per heavy atom. The van der Waals surface area contributed by atoms with Crippen molar-refractivity contribution >= 4 is 5.97 Å². The average Bonchev–Trinajstić information content (AvgIpc) is 2.88. The van der Waals surface area contributed by atoms with Gasteiger partial charge in [-0.05, 0) is 32.1 Å². The van der Waals surface area contributed by atoms with Crippen molar-refractivity contribution in [3.63, 3.8) is 0 Å². The average molecular weight is 519 g/mol. The van der Waals surface area contributed by atoms with Crippen molar-refractivity contribution in [3.8, 4) is 0 Å². The second kappa shape index (κ2) is 20.9. The molecular formula is C27H50O9.